The Morgan fingerprint density at radius 3 is 2.78 bits per heavy atom. The molecule has 92 valence electrons. The molecular weight excluding hydrogens is 224 g/mol. The minimum Gasteiger partial charge on any atom is -0.388 e. The molecule has 0 saturated heterocycles. The molecule has 0 radical (unpaired) electrons. The number of hydrogen-bond donors (Lipinski definition) is 1. The quantitative estimate of drug-likeness (QED) is 0.808. The second-order valence-corrected chi connectivity index (χ2v) is 4.59. The van der Waals surface area contributed by atoms with Gasteiger partial charge in [0.1, 0.15) is 5.75 Å². The summed E-state index contributed by atoms with van der Waals surface area (Å²) in [6.07, 6.45) is 6.68. The first kappa shape index (κ1) is 12.4. The van der Waals surface area contributed by atoms with E-state index in [-0.39, 0.29) is 6.04 Å². The maximum absolute atomic E-state index is 8.49. The summed E-state index contributed by atoms with van der Waals surface area (Å²) in [5.41, 5.74) is 10.7. The van der Waals surface area contributed by atoms with Gasteiger partial charge in [0.2, 0.25) is 0 Å². The zero-order valence-electron chi connectivity index (χ0n) is 10.6. The predicted molar refractivity (Wildman–Crippen MR) is 71.7 cm³/mol. The van der Waals surface area contributed by atoms with E-state index in [1.807, 2.05) is 31.2 Å². The molecule has 0 fully saturated rings. The summed E-state index contributed by atoms with van der Waals surface area (Å²) < 4.78 is 4.82. The highest BCUT2D eigenvalue weighted by Crippen LogP contribution is 2.30. The van der Waals surface area contributed by atoms with Gasteiger partial charge in [-0.15, -0.1) is 5.26 Å². The van der Waals surface area contributed by atoms with E-state index in [9.17, 15) is 0 Å². The first-order valence-corrected chi connectivity index (χ1v) is 5.92. The van der Waals surface area contributed by atoms with Crippen LogP contribution in [0.2, 0.25) is 0 Å². The molecule has 0 amide bonds. The molecule has 1 aromatic rings. The summed E-state index contributed by atoms with van der Waals surface area (Å²) in [6, 6.07) is 5.80. The van der Waals surface area contributed by atoms with Gasteiger partial charge in [-0.2, -0.15) is 0 Å². The first-order valence-electron chi connectivity index (χ1n) is 5.92. The van der Waals surface area contributed by atoms with Crippen molar-refractivity contribution in [1.29, 1.82) is 5.26 Å². The molecule has 18 heavy (non-hydrogen) atoms. The fraction of sp³-hybridized carbons (Fsp3) is 0.267. The lowest BCUT2D eigenvalue weighted by Crippen LogP contribution is -2.19. The molecule has 0 heterocycles. The van der Waals surface area contributed by atoms with Crippen molar-refractivity contribution in [2.45, 2.75) is 26.3 Å². The molecule has 0 spiro atoms. The third-order valence-electron chi connectivity index (χ3n) is 3.16. The van der Waals surface area contributed by atoms with E-state index in [0.29, 0.717) is 5.75 Å². The lowest BCUT2D eigenvalue weighted by molar-refractivity contribution is 0.506. The van der Waals surface area contributed by atoms with Gasteiger partial charge in [0.15, 0.2) is 0 Å². The lowest BCUT2D eigenvalue weighted by atomic mass is 9.89. The number of aryl methyl sites for hydroxylation is 1. The van der Waals surface area contributed by atoms with Gasteiger partial charge in [0, 0.05) is 6.04 Å². The Kier molecular flexibility index (Phi) is 3.50. The molecule has 3 nitrogen and oxygen atoms in total. The summed E-state index contributed by atoms with van der Waals surface area (Å²) in [4.78, 5) is 0. The Bertz CT molecular complexity index is 564. The number of allylic oxidation sites excluding steroid dienone is 2. The van der Waals surface area contributed by atoms with Crippen molar-refractivity contribution < 1.29 is 4.74 Å². The van der Waals surface area contributed by atoms with Crippen LogP contribution in [0.15, 0.2) is 35.9 Å². The van der Waals surface area contributed by atoms with Gasteiger partial charge < -0.3 is 10.5 Å². The minimum atomic E-state index is 0.121. The van der Waals surface area contributed by atoms with Gasteiger partial charge in [-0.1, -0.05) is 23.8 Å². The van der Waals surface area contributed by atoms with Crippen LogP contribution in [0.4, 0.5) is 0 Å². The Morgan fingerprint density at radius 1 is 1.39 bits per heavy atom. The average Bonchev–Trinajstić information content (AvgIpc) is 2.31. The van der Waals surface area contributed by atoms with Gasteiger partial charge in [0.05, 0.1) is 0 Å². The van der Waals surface area contributed by atoms with Gasteiger partial charge in [-0.3, -0.25) is 0 Å². The van der Waals surface area contributed by atoms with Crippen molar-refractivity contribution in [1.82, 2.24) is 0 Å². The third kappa shape index (κ3) is 2.44. The first-order chi connectivity index (χ1) is 8.61. The fourth-order valence-electron chi connectivity index (χ4n) is 2.27. The van der Waals surface area contributed by atoms with Crippen LogP contribution in [0.1, 0.15) is 24.5 Å². The molecule has 0 aromatic heterocycles. The van der Waals surface area contributed by atoms with Crippen molar-refractivity contribution >= 4 is 5.57 Å². The highest BCUT2D eigenvalue weighted by molar-refractivity contribution is 5.79. The standard InChI is InChI=1S/C15H16N2O/c1-10-7-12(17)3-5-14(10)15-6-4-13(18-9-16)8-11(15)2/h3-6,8,12H,7,17H2,1-2H3. The van der Waals surface area contributed by atoms with Gasteiger partial charge >= 0.3 is 0 Å². The molecule has 0 aliphatic heterocycles. The van der Waals surface area contributed by atoms with Crippen molar-refractivity contribution in [2.75, 3.05) is 0 Å². The molecule has 2 N–H and O–H groups in total. The van der Waals surface area contributed by atoms with Crippen molar-refractivity contribution in [3.05, 3.63) is 47.1 Å². The summed E-state index contributed by atoms with van der Waals surface area (Å²) in [5, 5.41) is 8.49. The van der Waals surface area contributed by atoms with E-state index in [0.717, 1.165) is 12.0 Å². The minimum absolute atomic E-state index is 0.121. The monoisotopic (exact) mass is 240 g/mol. The maximum atomic E-state index is 8.49. The predicted octanol–water partition coefficient (Wildman–Crippen LogP) is 2.92. The zero-order valence-corrected chi connectivity index (χ0v) is 10.6. The number of nitriles is 1. The molecule has 3 heteroatoms. The van der Waals surface area contributed by atoms with Crippen LogP contribution in [0.25, 0.3) is 5.57 Å². The molecule has 2 rings (SSSR count). The average molecular weight is 240 g/mol. The van der Waals surface area contributed by atoms with E-state index in [1.54, 1.807) is 6.26 Å². The van der Waals surface area contributed by atoms with Crippen LogP contribution in [0.3, 0.4) is 0 Å². The van der Waals surface area contributed by atoms with Crippen molar-refractivity contribution in [3.8, 4) is 12.0 Å². The SMILES string of the molecule is CC1=C(c2ccc(OC#N)cc2C)C=CC(N)C1. The van der Waals surface area contributed by atoms with Crippen LogP contribution >= 0.6 is 0 Å². The molecule has 1 atom stereocenters. The summed E-state index contributed by atoms with van der Waals surface area (Å²) in [7, 11) is 0. The van der Waals surface area contributed by atoms with Gasteiger partial charge in [-0.05, 0) is 49.1 Å². The van der Waals surface area contributed by atoms with Crippen LogP contribution < -0.4 is 10.5 Å². The van der Waals surface area contributed by atoms with Gasteiger partial charge in [0.25, 0.3) is 6.26 Å². The normalized spacial score (nSPS) is 18.7. The number of benzene rings is 1. The van der Waals surface area contributed by atoms with Crippen molar-refractivity contribution in [2.24, 2.45) is 5.73 Å². The van der Waals surface area contributed by atoms with Crippen LogP contribution in [-0.4, -0.2) is 6.04 Å². The van der Waals surface area contributed by atoms with E-state index in [2.05, 4.69) is 13.0 Å². The molecule has 1 aliphatic rings. The van der Waals surface area contributed by atoms with E-state index in [1.165, 1.54) is 16.7 Å². The molecule has 0 bridgehead atoms. The topological polar surface area (TPSA) is 59.0 Å². The number of nitrogens with zero attached hydrogens (tertiary/aromatic N) is 1. The lowest BCUT2D eigenvalue weighted by Gasteiger charge is -2.19. The summed E-state index contributed by atoms with van der Waals surface area (Å²) in [5.74, 6) is 0.577. The number of nitrogens with two attached hydrogens (primary N) is 1. The van der Waals surface area contributed by atoms with Crippen LogP contribution in [0.5, 0.6) is 5.75 Å². The van der Waals surface area contributed by atoms with E-state index in [4.69, 9.17) is 15.7 Å². The molecular formula is C15H16N2O. The van der Waals surface area contributed by atoms with Crippen LogP contribution in [0, 0.1) is 18.4 Å². The molecule has 1 aromatic carbocycles. The molecule has 1 aliphatic carbocycles. The molecule has 0 saturated carbocycles. The highest BCUT2D eigenvalue weighted by Gasteiger charge is 2.13. The largest absolute Gasteiger partial charge is 0.388 e. The van der Waals surface area contributed by atoms with E-state index < -0.39 is 0 Å². The smallest absolute Gasteiger partial charge is 0.292 e. The van der Waals surface area contributed by atoms with Crippen LogP contribution in [-0.2, 0) is 0 Å². The van der Waals surface area contributed by atoms with Crippen molar-refractivity contribution in [3.63, 3.8) is 0 Å². The fourth-order valence-corrected chi connectivity index (χ4v) is 2.27. The second kappa shape index (κ2) is 5.07. The number of hydrogen-bond acceptors (Lipinski definition) is 3. The number of ether oxygens (including phenoxy) is 1. The number of rotatable bonds is 2. The Morgan fingerprint density at radius 2 is 2.17 bits per heavy atom. The van der Waals surface area contributed by atoms with E-state index >= 15 is 0 Å². The van der Waals surface area contributed by atoms with Gasteiger partial charge in [-0.25, -0.2) is 0 Å². The third-order valence-corrected chi connectivity index (χ3v) is 3.16. The highest BCUT2D eigenvalue weighted by atomic mass is 16.5. The Hall–Kier alpha value is -2.05. The molecule has 1 unspecified atom stereocenters. The summed E-state index contributed by atoms with van der Waals surface area (Å²) in [6.45, 7) is 4.13. The summed E-state index contributed by atoms with van der Waals surface area (Å²) >= 11 is 0. The Balaban J connectivity index is 2.38. The maximum Gasteiger partial charge on any atom is 0.292 e. The Labute approximate surface area is 107 Å². The second-order valence-electron chi connectivity index (χ2n) is 4.59. The zero-order chi connectivity index (χ0) is 13.1.